The predicted octanol–water partition coefficient (Wildman–Crippen LogP) is 2.21. The molecule has 5 heteroatoms. The molecule has 0 spiro atoms. The molecular weight excluding hydrogens is 261 g/mol. The number of hydrogen-bond donors (Lipinski definition) is 2. The van der Waals surface area contributed by atoms with Gasteiger partial charge in [-0.05, 0) is 43.0 Å². The minimum Gasteiger partial charge on any atom is -0.481 e. The van der Waals surface area contributed by atoms with E-state index in [0.717, 1.165) is 0 Å². The van der Waals surface area contributed by atoms with Crippen LogP contribution in [0.3, 0.4) is 0 Å². The van der Waals surface area contributed by atoms with Crippen molar-refractivity contribution in [3.8, 4) is 0 Å². The quantitative estimate of drug-likeness (QED) is 0.829. The van der Waals surface area contributed by atoms with Crippen LogP contribution in [-0.4, -0.2) is 23.0 Å². The highest BCUT2D eigenvalue weighted by atomic mass is 19.1. The second-order valence-electron chi connectivity index (χ2n) is 4.94. The number of halogens is 1. The Morgan fingerprint density at radius 1 is 1.35 bits per heavy atom. The van der Waals surface area contributed by atoms with Crippen LogP contribution in [0.15, 0.2) is 30.3 Å². The zero-order chi connectivity index (χ0) is 14.5. The van der Waals surface area contributed by atoms with Crippen molar-refractivity contribution < 1.29 is 19.1 Å². The Kier molecular flexibility index (Phi) is 4.50. The highest BCUT2D eigenvalue weighted by Gasteiger charge is 2.30. The third-order valence-electron chi connectivity index (χ3n) is 3.40. The molecule has 0 aromatic heterocycles. The Morgan fingerprint density at radius 3 is 2.80 bits per heavy atom. The first kappa shape index (κ1) is 14.2. The van der Waals surface area contributed by atoms with E-state index in [1.807, 2.05) is 0 Å². The zero-order valence-corrected chi connectivity index (χ0v) is 10.9. The minimum absolute atomic E-state index is 0.0965. The SMILES string of the molecule is O=C(/C=C/c1cccc(F)c1)N[C@H]1CC[C@@H](C(=O)O)C1. The summed E-state index contributed by atoms with van der Waals surface area (Å²) in [6.45, 7) is 0. The molecule has 0 radical (unpaired) electrons. The lowest BCUT2D eigenvalue weighted by Crippen LogP contribution is -2.31. The molecule has 1 saturated carbocycles. The molecule has 1 aromatic carbocycles. The molecule has 1 amide bonds. The number of hydrogen-bond acceptors (Lipinski definition) is 2. The number of aliphatic carboxylic acids is 1. The molecule has 4 nitrogen and oxygen atoms in total. The normalized spacial score (nSPS) is 22.1. The van der Waals surface area contributed by atoms with Crippen LogP contribution in [0.4, 0.5) is 4.39 Å². The largest absolute Gasteiger partial charge is 0.481 e. The van der Waals surface area contributed by atoms with Crippen LogP contribution in [-0.2, 0) is 9.59 Å². The maximum absolute atomic E-state index is 12.9. The van der Waals surface area contributed by atoms with Gasteiger partial charge in [0.15, 0.2) is 0 Å². The first-order valence-electron chi connectivity index (χ1n) is 6.51. The van der Waals surface area contributed by atoms with E-state index < -0.39 is 5.97 Å². The lowest BCUT2D eigenvalue weighted by atomic mass is 10.1. The molecule has 106 valence electrons. The number of rotatable bonds is 4. The number of amides is 1. The van der Waals surface area contributed by atoms with Gasteiger partial charge in [-0.3, -0.25) is 9.59 Å². The van der Waals surface area contributed by atoms with Gasteiger partial charge in [0.05, 0.1) is 5.92 Å². The van der Waals surface area contributed by atoms with Gasteiger partial charge in [0.1, 0.15) is 5.82 Å². The molecule has 1 aromatic rings. The van der Waals surface area contributed by atoms with Gasteiger partial charge >= 0.3 is 5.97 Å². The van der Waals surface area contributed by atoms with E-state index >= 15 is 0 Å². The van der Waals surface area contributed by atoms with E-state index in [9.17, 15) is 14.0 Å². The first-order valence-corrected chi connectivity index (χ1v) is 6.51. The van der Waals surface area contributed by atoms with Crippen molar-refractivity contribution >= 4 is 18.0 Å². The van der Waals surface area contributed by atoms with Crippen LogP contribution >= 0.6 is 0 Å². The van der Waals surface area contributed by atoms with Crippen molar-refractivity contribution in [3.63, 3.8) is 0 Å². The highest BCUT2D eigenvalue weighted by Crippen LogP contribution is 2.25. The van der Waals surface area contributed by atoms with E-state index in [-0.39, 0.29) is 23.7 Å². The molecule has 0 bridgehead atoms. The summed E-state index contributed by atoms with van der Waals surface area (Å²) in [6, 6.07) is 5.84. The van der Waals surface area contributed by atoms with Crippen molar-refractivity contribution in [1.82, 2.24) is 5.32 Å². The Hall–Kier alpha value is -2.17. The van der Waals surface area contributed by atoms with Crippen LogP contribution in [0.2, 0.25) is 0 Å². The summed E-state index contributed by atoms with van der Waals surface area (Å²) in [5, 5.41) is 11.6. The smallest absolute Gasteiger partial charge is 0.306 e. The molecule has 0 heterocycles. The molecular formula is C15H16FNO3. The predicted molar refractivity (Wildman–Crippen MR) is 72.3 cm³/mol. The molecule has 0 saturated heterocycles. The average Bonchev–Trinajstić information content (AvgIpc) is 2.85. The number of carboxylic acid groups (broad SMARTS) is 1. The van der Waals surface area contributed by atoms with Gasteiger partial charge in [-0.15, -0.1) is 0 Å². The Bertz CT molecular complexity index is 542. The van der Waals surface area contributed by atoms with Crippen LogP contribution in [0, 0.1) is 11.7 Å². The fourth-order valence-electron chi connectivity index (χ4n) is 2.37. The molecule has 1 fully saturated rings. The van der Waals surface area contributed by atoms with Crippen molar-refractivity contribution in [1.29, 1.82) is 0 Å². The van der Waals surface area contributed by atoms with Crippen molar-refractivity contribution in [2.24, 2.45) is 5.92 Å². The highest BCUT2D eigenvalue weighted by molar-refractivity contribution is 5.92. The molecule has 0 unspecified atom stereocenters. The fraction of sp³-hybridized carbons (Fsp3) is 0.333. The summed E-state index contributed by atoms with van der Waals surface area (Å²) in [4.78, 5) is 22.5. The van der Waals surface area contributed by atoms with Crippen LogP contribution in [0.25, 0.3) is 6.08 Å². The molecule has 2 rings (SSSR count). The second-order valence-corrected chi connectivity index (χ2v) is 4.94. The second kappa shape index (κ2) is 6.32. The number of carbonyl (C=O) groups excluding carboxylic acids is 1. The number of nitrogens with one attached hydrogen (secondary N) is 1. The molecule has 0 aliphatic heterocycles. The van der Waals surface area contributed by atoms with Crippen molar-refractivity contribution in [3.05, 3.63) is 41.7 Å². The molecule has 1 aliphatic carbocycles. The molecule has 20 heavy (non-hydrogen) atoms. The van der Waals surface area contributed by atoms with Crippen LogP contribution in [0.1, 0.15) is 24.8 Å². The van der Waals surface area contributed by atoms with Gasteiger partial charge in [-0.1, -0.05) is 12.1 Å². The summed E-state index contributed by atoms with van der Waals surface area (Å²) in [5.41, 5.74) is 0.606. The van der Waals surface area contributed by atoms with Gasteiger partial charge in [0.2, 0.25) is 5.91 Å². The molecule has 2 N–H and O–H groups in total. The maximum Gasteiger partial charge on any atom is 0.306 e. The lowest BCUT2D eigenvalue weighted by Gasteiger charge is -2.10. The third-order valence-corrected chi connectivity index (χ3v) is 3.40. The summed E-state index contributed by atoms with van der Waals surface area (Å²) in [6.07, 6.45) is 4.60. The number of carboxylic acids is 1. The monoisotopic (exact) mass is 277 g/mol. The Labute approximate surface area is 116 Å². The molecule has 2 atom stereocenters. The maximum atomic E-state index is 12.9. The third kappa shape index (κ3) is 3.91. The standard InChI is InChI=1S/C15H16FNO3/c16-12-3-1-2-10(8-12)4-7-14(18)17-13-6-5-11(9-13)15(19)20/h1-4,7-8,11,13H,5-6,9H2,(H,17,18)(H,19,20)/b7-4+/t11-,13+/m1/s1. The number of carbonyl (C=O) groups is 2. The summed E-state index contributed by atoms with van der Waals surface area (Å²) < 4.78 is 12.9. The summed E-state index contributed by atoms with van der Waals surface area (Å²) in [5.74, 6) is -1.82. The van der Waals surface area contributed by atoms with E-state index in [2.05, 4.69) is 5.32 Å². The first-order chi connectivity index (χ1) is 9.54. The van der Waals surface area contributed by atoms with E-state index in [0.29, 0.717) is 24.8 Å². The average molecular weight is 277 g/mol. The Morgan fingerprint density at radius 2 is 2.15 bits per heavy atom. The lowest BCUT2D eigenvalue weighted by molar-refractivity contribution is -0.141. The van der Waals surface area contributed by atoms with Gasteiger partial charge in [-0.2, -0.15) is 0 Å². The summed E-state index contributed by atoms with van der Waals surface area (Å²) in [7, 11) is 0. The van der Waals surface area contributed by atoms with Crippen molar-refractivity contribution in [2.45, 2.75) is 25.3 Å². The van der Waals surface area contributed by atoms with Gasteiger partial charge in [0.25, 0.3) is 0 Å². The molecule has 1 aliphatic rings. The summed E-state index contributed by atoms with van der Waals surface area (Å²) >= 11 is 0. The van der Waals surface area contributed by atoms with E-state index in [1.165, 1.54) is 24.3 Å². The Balaban J connectivity index is 1.86. The van der Waals surface area contributed by atoms with E-state index in [1.54, 1.807) is 12.1 Å². The fourth-order valence-corrected chi connectivity index (χ4v) is 2.37. The van der Waals surface area contributed by atoms with Gasteiger partial charge in [-0.25, -0.2) is 4.39 Å². The van der Waals surface area contributed by atoms with Crippen LogP contribution < -0.4 is 5.32 Å². The number of benzene rings is 1. The zero-order valence-electron chi connectivity index (χ0n) is 10.9. The topological polar surface area (TPSA) is 66.4 Å². The van der Waals surface area contributed by atoms with Crippen molar-refractivity contribution in [2.75, 3.05) is 0 Å². The van der Waals surface area contributed by atoms with Crippen LogP contribution in [0.5, 0.6) is 0 Å². The van der Waals surface area contributed by atoms with Gasteiger partial charge in [0, 0.05) is 12.1 Å². The minimum atomic E-state index is -0.808. The van der Waals surface area contributed by atoms with E-state index in [4.69, 9.17) is 5.11 Å². The van der Waals surface area contributed by atoms with Gasteiger partial charge < -0.3 is 10.4 Å².